The lowest BCUT2D eigenvalue weighted by Crippen LogP contribution is -2.06. The van der Waals surface area contributed by atoms with Gasteiger partial charge in [-0.3, -0.25) is 0 Å². The van der Waals surface area contributed by atoms with E-state index in [0.717, 1.165) is 33.8 Å². The molecule has 0 spiro atoms. The number of fused-ring (bicyclic) bond motifs is 1. The van der Waals surface area contributed by atoms with Crippen LogP contribution in [0.5, 0.6) is 0 Å². The Balaban J connectivity index is 1.77. The monoisotopic (exact) mass is 485 g/mol. The molecule has 0 unspecified atom stereocenters. The van der Waals surface area contributed by atoms with Gasteiger partial charge < -0.3 is 4.57 Å². The maximum Gasteiger partial charge on any atom is 0.155 e. The zero-order valence-electron chi connectivity index (χ0n) is 22.7. The maximum atomic E-state index is 5.27. The van der Waals surface area contributed by atoms with E-state index in [1.807, 2.05) is 0 Å². The van der Waals surface area contributed by atoms with Crippen LogP contribution in [0, 0.1) is 0 Å². The molecule has 1 heterocycles. The van der Waals surface area contributed by atoms with Crippen molar-refractivity contribution < 1.29 is 0 Å². The number of rotatable bonds is 6. The summed E-state index contributed by atoms with van der Waals surface area (Å²) in [6.45, 7) is 11.0. The largest absolute Gasteiger partial charge is 0.326 e. The summed E-state index contributed by atoms with van der Waals surface area (Å²) in [5.41, 5.74) is 11.3. The van der Waals surface area contributed by atoms with Gasteiger partial charge in [0, 0.05) is 18.2 Å². The molecular formula is C34H35N3. The Morgan fingerprint density at radius 1 is 0.676 bits per heavy atom. The third kappa shape index (κ3) is 4.62. The van der Waals surface area contributed by atoms with Crippen molar-refractivity contribution in [2.75, 3.05) is 0 Å². The average molecular weight is 486 g/mol. The smallest absolute Gasteiger partial charge is 0.155 e. The van der Waals surface area contributed by atoms with Crippen LogP contribution < -0.4 is 0 Å². The summed E-state index contributed by atoms with van der Waals surface area (Å²) in [4.78, 5) is 10.5. The molecule has 37 heavy (non-hydrogen) atoms. The molecule has 0 amide bonds. The van der Waals surface area contributed by atoms with Gasteiger partial charge in [-0.05, 0) is 41.0 Å². The molecule has 0 aliphatic rings. The lowest BCUT2D eigenvalue weighted by Gasteiger charge is -2.17. The van der Waals surface area contributed by atoms with E-state index in [9.17, 15) is 0 Å². The molecule has 186 valence electrons. The van der Waals surface area contributed by atoms with E-state index in [-0.39, 0.29) is 0 Å². The predicted octanol–water partition coefficient (Wildman–Crippen LogP) is 9.29. The molecule has 3 nitrogen and oxygen atoms in total. The molecule has 0 saturated carbocycles. The van der Waals surface area contributed by atoms with E-state index in [4.69, 9.17) is 9.98 Å². The molecule has 0 fully saturated rings. The first-order chi connectivity index (χ1) is 17.9. The zero-order valence-corrected chi connectivity index (χ0v) is 22.7. The SMILES string of the molecule is CC(=Nc1c(C(C)C)cccc1C(C)C)c1nc2c(-c3ccccc3)ccc(-c3ccccc3)c2n1C. The molecule has 3 heteroatoms. The first-order valence-corrected chi connectivity index (χ1v) is 13.2. The second-order valence-electron chi connectivity index (χ2n) is 10.4. The molecule has 0 saturated heterocycles. The molecule has 1 aromatic heterocycles. The van der Waals surface area contributed by atoms with Gasteiger partial charge in [0.25, 0.3) is 0 Å². The van der Waals surface area contributed by atoms with Crippen molar-refractivity contribution in [1.29, 1.82) is 0 Å². The molecule has 5 rings (SSSR count). The van der Waals surface area contributed by atoms with E-state index < -0.39 is 0 Å². The Kier molecular flexibility index (Phi) is 6.80. The van der Waals surface area contributed by atoms with Crippen LogP contribution in [0.25, 0.3) is 33.3 Å². The van der Waals surface area contributed by atoms with Crippen LogP contribution >= 0.6 is 0 Å². The topological polar surface area (TPSA) is 30.2 Å². The van der Waals surface area contributed by atoms with E-state index in [2.05, 4.69) is 137 Å². The summed E-state index contributed by atoms with van der Waals surface area (Å²) < 4.78 is 2.22. The lowest BCUT2D eigenvalue weighted by atomic mass is 9.93. The van der Waals surface area contributed by atoms with E-state index in [1.165, 1.54) is 27.8 Å². The van der Waals surface area contributed by atoms with Crippen molar-refractivity contribution in [1.82, 2.24) is 9.55 Å². The second-order valence-corrected chi connectivity index (χ2v) is 10.4. The summed E-state index contributed by atoms with van der Waals surface area (Å²) in [5, 5.41) is 0. The Morgan fingerprint density at radius 2 is 1.19 bits per heavy atom. The Morgan fingerprint density at radius 3 is 1.73 bits per heavy atom. The quantitative estimate of drug-likeness (QED) is 0.220. The summed E-state index contributed by atoms with van der Waals surface area (Å²) in [6.07, 6.45) is 0. The average Bonchev–Trinajstić information content (AvgIpc) is 3.26. The highest BCUT2D eigenvalue weighted by Crippen LogP contribution is 2.38. The van der Waals surface area contributed by atoms with Gasteiger partial charge in [-0.15, -0.1) is 0 Å². The van der Waals surface area contributed by atoms with Gasteiger partial charge in [-0.25, -0.2) is 9.98 Å². The van der Waals surface area contributed by atoms with Crippen LogP contribution in [0.4, 0.5) is 5.69 Å². The first kappa shape index (κ1) is 24.7. The molecular weight excluding hydrogens is 450 g/mol. The number of imidazole rings is 1. The van der Waals surface area contributed by atoms with Gasteiger partial charge in [0.1, 0.15) is 0 Å². The highest BCUT2D eigenvalue weighted by atomic mass is 15.1. The summed E-state index contributed by atoms with van der Waals surface area (Å²) >= 11 is 0. The van der Waals surface area contributed by atoms with E-state index in [1.54, 1.807) is 0 Å². The number of hydrogen-bond acceptors (Lipinski definition) is 2. The van der Waals surface area contributed by atoms with Crippen LogP contribution in [-0.2, 0) is 7.05 Å². The fraction of sp³-hybridized carbons (Fsp3) is 0.235. The Labute approximate surface area is 220 Å². The van der Waals surface area contributed by atoms with Crippen LogP contribution in [0.1, 0.15) is 63.4 Å². The lowest BCUT2D eigenvalue weighted by molar-refractivity contribution is 0.834. The number of nitrogens with zero attached hydrogens (tertiary/aromatic N) is 3. The number of benzene rings is 4. The van der Waals surface area contributed by atoms with Crippen LogP contribution in [0.2, 0.25) is 0 Å². The van der Waals surface area contributed by atoms with Crippen molar-refractivity contribution in [2.24, 2.45) is 12.0 Å². The predicted molar refractivity (Wildman–Crippen MR) is 158 cm³/mol. The zero-order chi connectivity index (χ0) is 26.1. The maximum absolute atomic E-state index is 5.27. The van der Waals surface area contributed by atoms with Crippen LogP contribution in [0.3, 0.4) is 0 Å². The van der Waals surface area contributed by atoms with E-state index in [0.29, 0.717) is 11.8 Å². The van der Waals surface area contributed by atoms with Crippen LogP contribution in [0.15, 0.2) is 96.0 Å². The third-order valence-electron chi connectivity index (χ3n) is 7.14. The molecule has 5 aromatic rings. The van der Waals surface area contributed by atoms with Crippen LogP contribution in [-0.4, -0.2) is 15.3 Å². The van der Waals surface area contributed by atoms with Crippen molar-refractivity contribution in [3.63, 3.8) is 0 Å². The number of para-hydroxylation sites is 1. The minimum Gasteiger partial charge on any atom is -0.326 e. The summed E-state index contributed by atoms with van der Waals surface area (Å²) in [5.74, 6) is 1.67. The Bertz CT molecular complexity index is 1550. The minimum atomic E-state index is 0.389. The molecule has 0 aliphatic carbocycles. The molecule has 0 atom stereocenters. The normalized spacial score (nSPS) is 12.2. The van der Waals surface area contributed by atoms with Crippen molar-refractivity contribution in [3.8, 4) is 22.3 Å². The summed E-state index contributed by atoms with van der Waals surface area (Å²) in [7, 11) is 2.11. The van der Waals surface area contributed by atoms with Gasteiger partial charge in [0.05, 0.1) is 22.4 Å². The molecule has 0 radical (unpaired) electrons. The highest BCUT2D eigenvalue weighted by molar-refractivity contribution is 6.06. The van der Waals surface area contributed by atoms with Gasteiger partial charge >= 0.3 is 0 Å². The minimum absolute atomic E-state index is 0.389. The number of hydrogen-bond donors (Lipinski definition) is 0. The van der Waals surface area contributed by atoms with E-state index >= 15 is 0 Å². The second kappa shape index (κ2) is 10.2. The van der Waals surface area contributed by atoms with Gasteiger partial charge in [0.2, 0.25) is 0 Å². The number of aromatic nitrogens is 2. The third-order valence-corrected chi connectivity index (χ3v) is 7.14. The fourth-order valence-corrected chi connectivity index (χ4v) is 5.20. The molecule has 0 bridgehead atoms. The number of aryl methyl sites for hydroxylation is 1. The van der Waals surface area contributed by atoms with Crippen molar-refractivity contribution >= 4 is 22.4 Å². The Hall–Kier alpha value is -3.98. The fourth-order valence-electron chi connectivity index (χ4n) is 5.20. The first-order valence-electron chi connectivity index (χ1n) is 13.2. The van der Waals surface area contributed by atoms with Gasteiger partial charge in [0.15, 0.2) is 5.82 Å². The van der Waals surface area contributed by atoms with Crippen molar-refractivity contribution in [3.05, 3.63) is 108 Å². The molecule has 0 N–H and O–H groups in total. The van der Waals surface area contributed by atoms with Gasteiger partial charge in [-0.2, -0.15) is 0 Å². The van der Waals surface area contributed by atoms with Gasteiger partial charge in [-0.1, -0.05) is 119 Å². The molecule has 4 aromatic carbocycles. The number of aliphatic imine (C=N–C) groups is 1. The summed E-state index contributed by atoms with van der Waals surface area (Å²) in [6, 6.07) is 32.1. The molecule has 0 aliphatic heterocycles. The standard InChI is InChI=1S/C34H35N3/c1-22(2)27-18-13-19-28(23(3)4)31(27)35-24(5)34-36-32-29(25-14-9-7-10-15-25)20-21-30(33(32)37(34)6)26-16-11-8-12-17-26/h7-23H,1-6H3. The van der Waals surface area contributed by atoms with Crippen molar-refractivity contribution in [2.45, 2.75) is 46.5 Å². The highest BCUT2D eigenvalue weighted by Gasteiger charge is 2.20.